The molecule has 1 amide bonds. The molecular weight excluding hydrogens is 815 g/mol. The number of aliphatic hydroxyl groups is 2. The number of esters is 1. The summed E-state index contributed by atoms with van der Waals surface area (Å²) in [5, 5.41) is 23.3. The SMILES string of the molecule is CCCCCCCCCCCCCCCCCCCCCCCCC(O)C(CO)NC(=O)CCCCCCCCCCCCCOC(=O)CCCCCCCCCCCCCCCCCC. The number of hydrogen-bond acceptors (Lipinski definition) is 5. The molecule has 2 atom stereocenters. The molecule has 0 fully saturated rings. The maximum atomic E-state index is 12.5. The highest BCUT2D eigenvalue weighted by Crippen LogP contribution is 2.18. The molecule has 3 N–H and O–H groups in total. The molecule has 0 bridgehead atoms. The summed E-state index contributed by atoms with van der Waals surface area (Å²) < 4.78 is 5.48. The van der Waals surface area contributed by atoms with E-state index in [9.17, 15) is 19.8 Å². The van der Waals surface area contributed by atoms with Gasteiger partial charge in [0.15, 0.2) is 0 Å². The maximum Gasteiger partial charge on any atom is 0.305 e. The summed E-state index contributed by atoms with van der Waals surface area (Å²) in [6.45, 7) is 4.95. The zero-order valence-electron chi connectivity index (χ0n) is 45.0. The van der Waals surface area contributed by atoms with Gasteiger partial charge in [0.25, 0.3) is 0 Å². The third kappa shape index (κ3) is 52.2. The van der Waals surface area contributed by atoms with Gasteiger partial charge in [-0.3, -0.25) is 9.59 Å². The number of carbonyl (C=O) groups is 2. The van der Waals surface area contributed by atoms with Crippen molar-refractivity contribution in [1.29, 1.82) is 0 Å². The zero-order chi connectivity index (χ0) is 47.9. The van der Waals surface area contributed by atoms with Gasteiger partial charge in [0.1, 0.15) is 0 Å². The monoisotopic (exact) mass is 934 g/mol. The smallest absolute Gasteiger partial charge is 0.305 e. The van der Waals surface area contributed by atoms with Crippen molar-refractivity contribution in [2.75, 3.05) is 13.2 Å². The van der Waals surface area contributed by atoms with Crippen LogP contribution < -0.4 is 5.32 Å². The summed E-state index contributed by atoms with van der Waals surface area (Å²) in [6.07, 6.45) is 65.2. The molecule has 0 saturated heterocycles. The summed E-state index contributed by atoms with van der Waals surface area (Å²) in [5.74, 6) is -0.0573. The van der Waals surface area contributed by atoms with Crippen molar-refractivity contribution < 1.29 is 24.5 Å². The van der Waals surface area contributed by atoms with Crippen molar-refractivity contribution in [2.24, 2.45) is 0 Å². The van der Waals surface area contributed by atoms with Gasteiger partial charge in [-0.05, 0) is 25.7 Å². The minimum absolute atomic E-state index is 0.00852. The summed E-state index contributed by atoms with van der Waals surface area (Å²) in [5.41, 5.74) is 0. The van der Waals surface area contributed by atoms with Gasteiger partial charge in [0.2, 0.25) is 5.91 Å². The number of rotatable bonds is 57. The van der Waals surface area contributed by atoms with Crippen molar-refractivity contribution >= 4 is 11.9 Å². The fourth-order valence-corrected chi connectivity index (χ4v) is 9.76. The Morgan fingerprint density at radius 1 is 0.364 bits per heavy atom. The Morgan fingerprint density at radius 3 is 0.924 bits per heavy atom. The molecule has 0 spiro atoms. The minimum atomic E-state index is -0.676. The predicted octanol–water partition coefficient (Wildman–Crippen LogP) is 18.7. The van der Waals surface area contributed by atoms with Crippen LogP contribution in [0, 0.1) is 0 Å². The van der Waals surface area contributed by atoms with Crippen molar-refractivity contribution in [1.82, 2.24) is 5.32 Å². The standard InChI is InChI=1S/C60H119NO5/c1-3-5-7-9-11-13-15-17-19-21-22-23-24-25-26-27-29-32-36-40-44-48-52-58(63)57(56-62)61-59(64)53-49-45-41-37-33-31-35-39-43-47-51-55-66-60(65)54-50-46-42-38-34-30-28-20-18-16-14-12-10-8-6-4-2/h57-58,62-63H,3-56H2,1-2H3,(H,61,64). The molecule has 0 aromatic rings. The van der Waals surface area contributed by atoms with E-state index in [0.29, 0.717) is 25.9 Å². The molecule has 0 aliphatic rings. The Balaban J connectivity index is 3.43. The normalized spacial score (nSPS) is 12.5. The van der Waals surface area contributed by atoms with E-state index in [1.807, 2.05) is 0 Å². The fraction of sp³-hybridized carbons (Fsp3) is 0.967. The van der Waals surface area contributed by atoms with Crippen molar-refractivity contribution in [3.8, 4) is 0 Å². The van der Waals surface area contributed by atoms with E-state index < -0.39 is 12.1 Å². The molecule has 394 valence electrons. The number of aliphatic hydroxyl groups excluding tert-OH is 2. The van der Waals surface area contributed by atoms with Gasteiger partial charge in [-0.15, -0.1) is 0 Å². The Bertz CT molecular complexity index is 944. The highest BCUT2D eigenvalue weighted by molar-refractivity contribution is 5.76. The Labute approximate surface area is 413 Å². The first kappa shape index (κ1) is 64.9. The second-order valence-electron chi connectivity index (χ2n) is 21.1. The summed E-state index contributed by atoms with van der Waals surface area (Å²) in [7, 11) is 0. The van der Waals surface area contributed by atoms with E-state index in [2.05, 4.69) is 19.2 Å². The lowest BCUT2D eigenvalue weighted by Crippen LogP contribution is -2.45. The lowest BCUT2D eigenvalue weighted by molar-refractivity contribution is -0.143. The van der Waals surface area contributed by atoms with Crippen LogP contribution in [0.25, 0.3) is 0 Å². The first-order chi connectivity index (χ1) is 32.5. The highest BCUT2D eigenvalue weighted by Gasteiger charge is 2.20. The highest BCUT2D eigenvalue weighted by atomic mass is 16.5. The number of carbonyl (C=O) groups excluding carboxylic acids is 2. The van der Waals surface area contributed by atoms with E-state index >= 15 is 0 Å². The topological polar surface area (TPSA) is 95.9 Å². The van der Waals surface area contributed by atoms with E-state index in [1.54, 1.807) is 0 Å². The molecule has 0 saturated carbocycles. The van der Waals surface area contributed by atoms with Crippen molar-refractivity contribution in [2.45, 2.75) is 360 Å². The van der Waals surface area contributed by atoms with Crippen LogP contribution in [0.2, 0.25) is 0 Å². The number of ether oxygens (including phenoxy) is 1. The fourth-order valence-electron chi connectivity index (χ4n) is 9.76. The second-order valence-corrected chi connectivity index (χ2v) is 21.1. The van der Waals surface area contributed by atoms with Crippen LogP contribution in [0.1, 0.15) is 348 Å². The van der Waals surface area contributed by atoms with E-state index in [1.165, 1.54) is 257 Å². The molecule has 0 aromatic heterocycles. The molecule has 2 unspecified atom stereocenters. The van der Waals surface area contributed by atoms with Gasteiger partial charge in [0.05, 0.1) is 25.4 Å². The summed E-state index contributed by atoms with van der Waals surface area (Å²) >= 11 is 0. The van der Waals surface area contributed by atoms with Crippen LogP contribution in [-0.4, -0.2) is 47.4 Å². The van der Waals surface area contributed by atoms with Crippen LogP contribution in [0.4, 0.5) is 0 Å². The predicted molar refractivity (Wildman–Crippen MR) is 287 cm³/mol. The Hall–Kier alpha value is -1.14. The molecule has 0 aliphatic heterocycles. The largest absolute Gasteiger partial charge is 0.466 e. The van der Waals surface area contributed by atoms with Gasteiger partial charge in [-0.1, -0.05) is 309 Å². The van der Waals surface area contributed by atoms with Crippen LogP contribution in [0.15, 0.2) is 0 Å². The molecule has 0 aliphatic carbocycles. The van der Waals surface area contributed by atoms with Gasteiger partial charge in [-0.2, -0.15) is 0 Å². The van der Waals surface area contributed by atoms with Crippen molar-refractivity contribution in [3.05, 3.63) is 0 Å². The average molecular weight is 935 g/mol. The van der Waals surface area contributed by atoms with Gasteiger partial charge >= 0.3 is 5.97 Å². The maximum absolute atomic E-state index is 12.5. The number of unbranched alkanes of at least 4 members (excludes halogenated alkanes) is 46. The lowest BCUT2D eigenvalue weighted by atomic mass is 10.0. The third-order valence-electron chi connectivity index (χ3n) is 14.4. The molecule has 6 heteroatoms. The van der Waals surface area contributed by atoms with Crippen LogP contribution in [-0.2, 0) is 14.3 Å². The van der Waals surface area contributed by atoms with Gasteiger partial charge in [0, 0.05) is 12.8 Å². The molecule has 0 aromatic carbocycles. The average Bonchev–Trinajstić information content (AvgIpc) is 3.32. The van der Waals surface area contributed by atoms with Gasteiger partial charge < -0.3 is 20.3 Å². The molecule has 66 heavy (non-hydrogen) atoms. The number of hydrogen-bond donors (Lipinski definition) is 3. The Kier molecular flexibility index (Phi) is 55.5. The van der Waals surface area contributed by atoms with E-state index in [-0.39, 0.29) is 18.5 Å². The van der Waals surface area contributed by atoms with Crippen LogP contribution >= 0.6 is 0 Å². The minimum Gasteiger partial charge on any atom is -0.466 e. The molecule has 0 radical (unpaired) electrons. The molecule has 0 rings (SSSR count). The first-order valence-electron chi connectivity index (χ1n) is 30.3. The number of nitrogens with one attached hydrogen (secondary N) is 1. The van der Waals surface area contributed by atoms with Crippen LogP contribution in [0.5, 0.6) is 0 Å². The van der Waals surface area contributed by atoms with Crippen molar-refractivity contribution in [3.63, 3.8) is 0 Å². The third-order valence-corrected chi connectivity index (χ3v) is 14.4. The van der Waals surface area contributed by atoms with Gasteiger partial charge in [-0.25, -0.2) is 0 Å². The molecule has 6 nitrogen and oxygen atoms in total. The zero-order valence-corrected chi connectivity index (χ0v) is 45.0. The lowest BCUT2D eigenvalue weighted by Gasteiger charge is -2.22. The molecule has 0 heterocycles. The van der Waals surface area contributed by atoms with E-state index in [4.69, 9.17) is 4.74 Å². The first-order valence-corrected chi connectivity index (χ1v) is 30.3. The van der Waals surface area contributed by atoms with E-state index in [0.717, 1.165) is 57.8 Å². The quantitative estimate of drug-likeness (QED) is 0.0417. The summed E-state index contributed by atoms with van der Waals surface area (Å²) in [4.78, 5) is 24.6. The number of amides is 1. The second kappa shape index (κ2) is 56.4. The summed E-state index contributed by atoms with van der Waals surface area (Å²) in [6, 6.07) is -0.555. The van der Waals surface area contributed by atoms with Crippen LogP contribution in [0.3, 0.4) is 0 Å². The Morgan fingerprint density at radius 2 is 0.621 bits per heavy atom. The molecular formula is C60H119NO5.